The summed E-state index contributed by atoms with van der Waals surface area (Å²) >= 11 is 0. The Bertz CT molecular complexity index is 171. The summed E-state index contributed by atoms with van der Waals surface area (Å²) in [6.07, 6.45) is 9.17. The van der Waals surface area contributed by atoms with Crippen molar-refractivity contribution in [1.82, 2.24) is 5.32 Å². The molecular weight excluding hydrogens is 202 g/mol. The predicted octanol–water partition coefficient (Wildman–Crippen LogP) is 2.62. The molecule has 1 atom stereocenters. The molecule has 0 aromatic heterocycles. The normalized spacial score (nSPS) is 12.4. The van der Waals surface area contributed by atoms with Crippen LogP contribution in [0.2, 0.25) is 0 Å². The fraction of sp³-hybridized carbons (Fsp3) is 0.923. The zero-order valence-electron chi connectivity index (χ0n) is 10.8. The molecule has 1 amide bonds. The molecule has 0 spiro atoms. The van der Waals surface area contributed by atoms with Crippen LogP contribution in [-0.4, -0.2) is 23.7 Å². The van der Waals surface area contributed by atoms with Crippen LogP contribution >= 0.6 is 0 Å². The van der Waals surface area contributed by atoms with Gasteiger partial charge in [0.15, 0.2) is 0 Å². The van der Waals surface area contributed by atoms with Gasteiger partial charge in [0.05, 0.1) is 6.61 Å². The highest BCUT2D eigenvalue weighted by Gasteiger charge is 2.04. The highest BCUT2D eigenvalue weighted by molar-refractivity contribution is 5.76. The van der Waals surface area contributed by atoms with Crippen LogP contribution in [0.15, 0.2) is 0 Å². The molecule has 0 radical (unpaired) electrons. The lowest BCUT2D eigenvalue weighted by molar-refractivity contribution is -0.122. The Morgan fingerprint density at radius 1 is 1.12 bits per heavy atom. The van der Waals surface area contributed by atoms with Crippen molar-refractivity contribution in [3.63, 3.8) is 0 Å². The van der Waals surface area contributed by atoms with E-state index in [2.05, 4.69) is 12.2 Å². The number of hydrogen-bond acceptors (Lipinski definition) is 2. The minimum Gasteiger partial charge on any atom is -0.394 e. The molecule has 3 nitrogen and oxygen atoms in total. The molecule has 0 aliphatic carbocycles. The van der Waals surface area contributed by atoms with Gasteiger partial charge < -0.3 is 10.4 Å². The quantitative estimate of drug-likeness (QED) is 0.566. The van der Waals surface area contributed by atoms with Gasteiger partial charge in [-0.2, -0.15) is 0 Å². The van der Waals surface area contributed by atoms with Gasteiger partial charge >= 0.3 is 0 Å². The molecule has 0 saturated heterocycles. The lowest BCUT2D eigenvalue weighted by atomic mass is 10.1. The molecule has 0 bridgehead atoms. The van der Waals surface area contributed by atoms with E-state index in [1.807, 2.05) is 6.92 Å². The van der Waals surface area contributed by atoms with E-state index in [0.717, 1.165) is 12.8 Å². The largest absolute Gasteiger partial charge is 0.394 e. The first-order valence-corrected chi connectivity index (χ1v) is 6.61. The highest BCUT2D eigenvalue weighted by Crippen LogP contribution is 2.08. The van der Waals surface area contributed by atoms with Crippen molar-refractivity contribution >= 4 is 5.91 Å². The average molecular weight is 229 g/mol. The van der Waals surface area contributed by atoms with Crippen LogP contribution in [0.3, 0.4) is 0 Å². The summed E-state index contributed by atoms with van der Waals surface area (Å²) in [5, 5.41) is 11.5. The summed E-state index contributed by atoms with van der Waals surface area (Å²) in [4.78, 5) is 11.3. The van der Waals surface area contributed by atoms with E-state index in [4.69, 9.17) is 5.11 Å². The third kappa shape index (κ3) is 9.97. The molecule has 1 unspecified atom stereocenters. The van der Waals surface area contributed by atoms with Gasteiger partial charge in [0.25, 0.3) is 0 Å². The van der Waals surface area contributed by atoms with Gasteiger partial charge in [-0.3, -0.25) is 4.79 Å². The van der Waals surface area contributed by atoms with Crippen LogP contribution in [0.5, 0.6) is 0 Å². The summed E-state index contributed by atoms with van der Waals surface area (Å²) in [5.74, 6) is 0.0649. The van der Waals surface area contributed by atoms with Crippen LogP contribution < -0.4 is 5.32 Å². The molecule has 16 heavy (non-hydrogen) atoms. The number of aliphatic hydroxyl groups excluding tert-OH is 1. The van der Waals surface area contributed by atoms with Gasteiger partial charge in [0.1, 0.15) is 0 Å². The Kier molecular flexibility index (Phi) is 10.5. The molecule has 0 aromatic rings. The molecule has 0 aliphatic heterocycles. The summed E-state index contributed by atoms with van der Waals surface area (Å²) in [6.45, 7) is 4.04. The molecule has 0 aromatic carbocycles. The molecular formula is C13H27NO2. The highest BCUT2D eigenvalue weighted by atomic mass is 16.3. The van der Waals surface area contributed by atoms with Crippen molar-refractivity contribution in [2.45, 2.75) is 71.3 Å². The lowest BCUT2D eigenvalue weighted by Gasteiger charge is -2.10. The zero-order chi connectivity index (χ0) is 12.2. The lowest BCUT2D eigenvalue weighted by Crippen LogP contribution is -2.34. The first kappa shape index (κ1) is 15.4. The van der Waals surface area contributed by atoms with Crippen LogP contribution in [0.4, 0.5) is 0 Å². The average Bonchev–Trinajstić information content (AvgIpc) is 2.27. The van der Waals surface area contributed by atoms with E-state index >= 15 is 0 Å². The zero-order valence-corrected chi connectivity index (χ0v) is 10.8. The van der Waals surface area contributed by atoms with E-state index < -0.39 is 0 Å². The van der Waals surface area contributed by atoms with E-state index in [-0.39, 0.29) is 18.6 Å². The fourth-order valence-corrected chi connectivity index (χ4v) is 1.64. The van der Waals surface area contributed by atoms with Crippen LogP contribution in [-0.2, 0) is 4.79 Å². The minimum atomic E-state index is -0.114. The molecule has 0 heterocycles. The standard InChI is InChI=1S/C13H27NO2/c1-3-4-5-6-7-8-9-10-13(16)14-12(2)11-15/h12,15H,3-11H2,1-2H3,(H,14,16). The summed E-state index contributed by atoms with van der Waals surface area (Å²) in [7, 11) is 0. The number of carbonyl (C=O) groups is 1. The Balaban J connectivity index is 3.21. The van der Waals surface area contributed by atoms with E-state index in [1.54, 1.807) is 0 Å². The van der Waals surface area contributed by atoms with Gasteiger partial charge in [0, 0.05) is 12.5 Å². The van der Waals surface area contributed by atoms with E-state index in [1.165, 1.54) is 32.1 Å². The topological polar surface area (TPSA) is 49.3 Å². The number of rotatable bonds is 10. The number of hydrogen-bond donors (Lipinski definition) is 2. The summed E-state index contributed by atoms with van der Waals surface area (Å²) in [6, 6.07) is -0.114. The van der Waals surface area contributed by atoms with Crippen molar-refractivity contribution < 1.29 is 9.90 Å². The monoisotopic (exact) mass is 229 g/mol. The first-order valence-electron chi connectivity index (χ1n) is 6.61. The number of nitrogens with one attached hydrogen (secondary N) is 1. The SMILES string of the molecule is CCCCCCCCCC(=O)NC(C)CO. The molecule has 0 saturated carbocycles. The number of aliphatic hydroxyl groups is 1. The van der Waals surface area contributed by atoms with Crippen molar-refractivity contribution in [2.75, 3.05) is 6.61 Å². The second kappa shape index (κ2) is 10.9. The Morgan fingerprint density at radius 3 is 2.25 bits per heavy atom. The van der Waals surface area contributed by atoms with E-state index in [0.29, 0.717) is 6.42 Å². The third-order valence-electron chi connectivity index (χ3n) is 2.69. The van der Waals surface area contributed by atoms with Gasteiger partial charge in [-0.1, -0.05) is 45.4 Å². The number of amides is 1. The molecule has 0 fully saturated rings. The maximum Gasteiger partial charge on any atom is 0.220 e. The van der Waals surface area contributed by atoms with Crippen molar-refractivity contribution in [3.8, 4) is 0 Å². The number of carbonyl (C=O) groups excluding carboxylic acids is 1. The van der Waals surface area contributed by atoms with Crippen molar-refractivity contribution in [1.29, 1.82) is 0 Å². The first-order chi connectivity index (χ1) is 7.70. The summed E-state index contributed by atoms with van der Waals surface area (Å²) in [5.41, 5.74) is 0. The second-order valence-corrected chi connectivity index (χ2v) is 4.52. The van der Waals surface area contributed by atoms with Crippen LogP contribution in [0.1, 0.15) is 65.2 Å². The van der Waals surface area contributed by atoms with E-state index in [9.17, 15) is 4.79 Å². The van der Waals surface area contributed by atoms with Gasteiger partial charge in [-0.15, -0.1) is 0 Å². The van der Waals surface area contributed by atoms with Crippen molar-refractivity contribution in [2.24, 2.45) is 0 Å². The Hall–Kier alpha value is -0.570. The van der Waals surface area contributed by atoms with Crippen molar-refractivity contribution in [3.05, 3.63) is 0 Å². The fourth-order valence-electron chi connectivity index (χ4n) is 1.64. The maximum absolute atomic E-state index is 11.3. The Morgan fingerprint density at radius 2 is 1.69 bits per heavy atom. The second-order valence-electron chi connectivity index (χ2n) is 4.52. The van der Waals surface area contributed by atoms with Crippen LogP contribution in [0.25, 0.3) is 0 Å². The maximum atomic E-state index is 11.3. The summed E-state index contributed by atoms with van der Waals surface area (Å²) < 4.78 is 0. The molecule has 2 N–H and O–H groups in total. The molecule has 3 heteroatoms. The Labute approximate surface area is 99.6 Å². The molecule has 0 aliphatic rings. The van der Waals surface area contributed by atoms with Crippen LogP contribution in [0, 0.1) is 0 Å². The third-order valence-corrected chi connectivity index (χ3v) is 2.69. The number of unbranched alkanes of at least 4 members (excludes halogenated alkanes) is 6. The molecule has 0 rings (SSSR count). The molecule has 96 valence electrons. The smallest absolute Gasteiger partial charge is 0.220 e. The predicted molar refractivity (Wildman–Crippen MR) is 67.3 cm³/mol. The van der Waals surface area contributed by atoms with Gasteiger partial charge in [-0.05, 0) is 13.3 Å². The van der Waals surface area contributed by atoms with Gasteiger partial charge in [-0.25, -0.2) is 0 Å². The van der Waals surface area contributed by atoms with Gasteiger partial charge in [0.2, 0.25) is 5.91 Å². The minimum absolute atomic E-state index is 0.0166.